The lowest BCUT2D eigenvalue weighted by atomic mass is 9.44. The summed E-state index contributed by atoms with van der Waals surface area (Å²) in [6.45, 7) is 9.62. The van der Waals surface area contributed by atoms with E-state index in [-0.39, 0.29) is 17.6 Å². The SMILES string of the molecule is C[C@]12CC(N3CCCCC3)C(O)CC1CC[C@@H]1[C@H]2CC[C@]2(C)C(=O)C(N3CCCCC3)C[C@@H]12. The van der Waals surface area contributed by atoms with E-state index in [0.29, 0.717) is 29.1 Å². The maximum Gasteiger partial charge on any atom is 0.156 e. The fourth-order valence-corrected chi connectivity index (χ4v) is 10.2. The monoisotopic (exact) mass is 456 g/mol. The molecule has 0 aromatic carbocycles. The van der Waals surface area contributed by atoms with Crippen LogP contribution in [0.2, 0.25) is 0 Å². The fraction of sp³-hybridized carbons (Fsp3) is 0.966. The lowest BCUT2D eigenvalue weighted by molar-refractivity contribution is -0.153. The van der Waals surface area contributed by atoms with Crippen molar-refractivity contribution in [2.75, 3.05) is 26.2 Å². The lowest BCUT2D eigenvalue weighted by Gasteiger charge is -2.62. The van der Waals surface area contributed by atoms with Gasteiger partial charge >= 0.3 is 0 Å². The molecule has 4 aliphatic carbocycles. The van der Waals surface area contributed by atoms with E-state index < -0.39 is 0 Å². The van der Waals surface area contributed by atoms with Crippen molar-refractivity contribution in [1.29, 1.82) is 0 Å². The van der Waals surface area contributed by atoms with Crippen LogP contribution in [0.3, 0.4) is 0 Å². The molecule has 4 nitrogen and oxygen atoms in total. The Kier molecular flexibility index (Phi) is 5.98. The minimum Gasteiger partial charge on any atom is -0.391 e. The Balaban J connectivity index is 1.24. The second-order valence-electron chi connectivity index (χ2n) is 13.5. The molecule has 0 aromatic rings. The van der Waals surface area contributed by atoms with Crippen LogP contribution in [0, 0.1) is 34.5 Å². The van der Waals surface area contributed by atoms with Crippen LogP contribution in [0.5, 0.6) is 0 Å². The van der Waals surface area contributed by atoms with Crippen LogP contribution >= 0.6 is 0 Å². The van der Waals surface area contributed by atoms with Crippen molar-refractivity contribution in [2.24, 2.45) is 34.5 Å². The Hall–Kier alpha value is -0.450. The maximum atomic E-state index is 13.8. The Morgan fingerprint density at radius 1 is 0.818 bits per heavy atom. The molecule has 1 N–H and O–H groups in total. The van der Waals surface area contributed by atoms with Gasteiger partial charge in [0.15, 0.2) is 5.78 Å². The molecule has 33 heavy (non-hydrogen) atoms. The first kappa shape index (κ1) is 23.0. The van der Waals surface area contributed by atoms with Gasteiger partial charge in [0.1, 0.15) is 0 Å². The largest absolute Gasteiger partial charge is 0.391 e. The van der Waals surface area contributed by atoms with Crippen molar-refractivity contribution in [2.45, 2.75) is 116 Å². The van der Waals surface area contributed by atoms with Gasteiger partial charge in [0, 0.05) is 11.5 Å². The molecule has 6 fully saturated rings. The predicted octanol–water partition coefficient (Wildman–Crippen LogP) is 4.89. The third-order valence-electron chi connectivity index (χ3n) is 12.1. The number of piperidine rings is 2. The smallest absolute Gasteiger partial charge is 0.156 e. The number of fused-ring (bicyclic) bond motifs is 5. The Morgan fingerprint density at radius 3 is 2.18 bits per heavy atom. The van der Waals surface area contributed by atoms with Crippen molar-refractivity contribution < 1.29 is 9.90 Å². The molecule has 6 rings (SSSR count). The summed E-state index contributed by atoms with van der Waals surface area (Å²) in [5, 5.41) is 11.2. The van der Waals surface area contributed by atoms with Gasteiger partial charge in [0.05, 0.1) is 12.1 Å². The quantitative estimate of drug-likeness (QED) is 0.643. The zero-order chi connectivity index (χ0) is 22.8. The zero-order valence-corrected chi connectivity index (χ0v) is 21.3. The van der Waals surface area contributed by atoms with Crippen molar-refractivity contribution in [1.82, 2.24) is 9.80 Å². The van der Waals surface area contributed by atoms with Crippen molar-refractivity contribution >= 4 is 5.78 Å². The van der Waals surface area contributed by atoms with Crippen LogP contribution in [0.15, 0.2) is 0 Å². The standard InChI is InChI=1S/C29H48N2O2/c1-28-12-11-22-21(23(28)18-24(27(28)33)30-13-5-3-6-14-30)10-9-20-17-26(32)25(19-29(20,22)2)31-15-7-4-8-16-31/h20-26,32H,3-19H2,1-2H3/t20?,21-,22-,23+,24?,25?,26?,28+,29+/m1/s1. The number of aliphatic hydroxyl groups is 1. The average molecular weight is 457 g/mol. The van der Waals surface area contributed by atoms with Gasteiger partial charge < -0.3 is 5.11 Å². The summed E-state index contributed by atoms with van der Waals surface area (Å²) < 4.78 is 0. The number of carbonyl (C=O) groups is 1. The summed E-state index contributed by atoms with van der Waals surface area (Å²) in [6, 6.07) is 0.573. The van der Waals surface area contributed by atoms with E-state index in [4.69, 9.17) is 0 Å². The van der Waals surface area contributed by atoms with Gasteiger partial charge in [0.2, 0.25) is 0 Å². The van der Waals surface area contributed by atoms with E-state index in [0.717, 1.165) is 44.2 Å². The molecule has 2 heterocycles. The van der Waals surface area contributed by atoms with E-state index in [1.54, 1.807) is 0 Å². The van der Waals surface area contributed by atoms with Gasteiger partial charge in [-0.25, -0.2) is 0 Å². The summed E-state index contributed by atoms with van der Waals surface area (Å²) in [5.41, 5.74) is 0.269. The number of likely N-dealkylation sites (tertiary alicyclic amines) is 2. The van der Waals surface area contributed by atoms with Crippen molar-refractivity contribution in [3.63, 3.8) is 0 Å². The van der Waals surface area contributed by atoms with E-state index in [9.17, 15) is 9.90 Å². The molecular weight excluding hydrogens is 408 g/mol. The van der Waals surface area contributed by atoms with E-state index >= 15 is 0 Å². The first-order chi connectivity index (χ1) is 15.9. The van der Waals surface area contributed by atoms with Crippen molar-refractivity contribution in [3.05, 3.63) is 0 Å². The van der Waals surface area contributed by atoms with Crippen LogP contribution < -0.4 is 0 Å². The fourth-order valence-electron chi connectivity index (χ4n) is 10.2. The number of Topliss-reactive ketones (excluding diaryl/α,β-unsaturated/α-hetero) is 1. The predicted molar refractivity (Wildman–Crippen MR) is 132 cm³/mol. The van der Waals surface area contributed by atoms with Gasteiger partial charge in [-0.15, -0.1) is 0 Å². The molecule has 4 heteroatoms. The maximum absolute atomic E-state index is 13.8. The molecule has 2 saturated heterocycles. The number of aliphatic hydroxyl groups excluding tert-OH is 1. The highest BCUT2D eigenvalue weighted by Crippen LogP contribution is 2.66. The summed E-state index contributed by atoms with van der Waals surface area (Å²) in [4.78, 5) is 19.0. The Morgan fingerprint density at radius 2 is 1.48 bits per heavy atom. The summed E-state index contributed by atoms with van der Waals surface area (Å²) in [5.74, 6) is 3.34. The van der Waals surface area contributed by atoms with E-state index in [2.05, 4.69) is 23.6 Å². The van der Waals surface area contributed by atoms with Crippen LogP contribution in [0.1, 0.15) is 97.3 Å². The molecule has 6 aliphatic rings. The molecule has 0 bridgehead atoms. The number of hydrogen-bond acceptors (Lipinski definition) is 4. The number of hydrogen-bond donors (Lipinski definition) is 1. The zero-order valence-electron chi connectivity index (χ0n) is 21.3. The number of nitrogens with zero attached hydrogens (tertiary/aromatic N) is 2. The molecule has 2 aliphatic heterocycles. The minimum absolute atomic E-state index is 0.0765. The first-order valence-electron chi connectivity index (χ1n) is 14.6. The number of rotatable bonds is 2. The average Bonchev–Trinajstić information content (AvgIpc) is 3.11. The lowest BCUT2D eigenvalue weighted by Crippen LogP contribution is -2.60. The Labute approximate surface area is 201 Å². The van der Waals surface area contributed by atoms with Crippen LogP contribution in [-0.4, -0.2) is 65.1 Å². The molecule has 0 amide bonds. The molecule has 0 aromatic heterocycles. The van der Waals surface area contributed by atoms with E-state index in [1.807, 2.05) is 0 Å². The van der Waals surface area contributed by atoms with Crippen molar-refractivity contribution in [3.8, 4) is 0 Å². The molecule has 4 saturated carbocycles. The molecule has 186 valence electrons. The van der Waals surface area contributed by atoms with Crippen LogP contribution in [0.25, 0.3) is 0 Å². The van der Waals surface area contributed by atoms with Crippen LogP contribution in [0.4, 0.5) is 0 Å². The van der Waals surface area contributed by atoms with Gasteiger partial charge in [-0.2, -0.15) is 0 Å². The summed E-state index contributed by atoms with van der Waals surface area (Å²) in [7, 11) is 0. The van der Waals surface area contributed by atoms with Gasteiger partial charge in [-0.1, -0.05) is 26.7 Å². The molecule has 4 unspecified atom stereocenters. The topological polar surface area (TPSA) is 43.8 Å². The molecule has 0 radical (unpaired) electrons. The second kappa shape index (κ2) is 8.59. The number of carbonyl (C=O) groups excluding carboxylic acids is 1. The second-order valence-corrected chi connectivity index (χ2v) is 13.5. The number of ketones is 1. The molecule has 9 atom stereocenters. The highest BCUT2D eigenvalue weighted by atomic mass is 16.3. The third kappa shape index (κ3) is 3.59. The Bertz CT molecular complexity index is 744. The summed E-state index contributed by atoms with van der Waals surface area (Å²) in [6.07, 6.45) is 16.0. The molecular formula is C29H48N2O2. The first-order valence-corrected chi connectivity index (χ1v) is 14.6. The third-order valence-corrected chi connectivity index (χ3v) is 12.1. The summed E-state index contributed by atoms with van der Waals surface area (Å²) >= 11 is 0. The van der Waals surface area contributed by atoms with Gasteiger partial charge in [-0.3, -0.25) is 14.6 Å². The highest BCUT2D eigenvalue weighted by Gasteiger charge is 2.63. The van der Waals surface area contributed by atoms with Crippen LogP contribution in [-0.2, 0) is 4.79 Å². The van der Waals surface area contributed by atoms with Gasteiger partial charge in [0.25, 0.3) is 0 Å². The minimum atomic E-state index is -0.136. The van der Waals surface area contributed by atoms with E-state index in [1.165, 1.54) is 77.3 Å². The van der Waals surface area contributed by atoms with Gasteiger partial charge in [-0.05, 0) is 126 Å². The molecule has 0 spiro atoms. The highest BCUT2D eigenvalue weighted by molar-refractivity contribution is 5.92. The normalized spacial score (nSPS) is 51.6.